The van der Waals surface area contributed by atoms with Gasteiger partial charge in [0.15, 0.2) is 5.78 Å². The molecule has 0 saturated heterocycles. The Balaban J connectivity index is 2.18. The summed E-state index contributed by atoms with van der Waals surface area (Å²) in [4.78, 5) is 12.5. The van der Waals surface area contributed by atoms with Gasteiger partial charge in [-0.2, -0.15) is 0 Å². The highest BCUT2D eigenvalue weighted by molar-refractivity contribution is 5.99. The van der Waals surface area contributed by atoms with Gasteiger partial charge in [-0.05, 0) is 53.4 Å². The van der Waals surface area contributed by atoms with Crippen molar-refractivity contribution >= 4 is 5.78 Å². The molecule has 1 aromatic rings. The predicted octanol–water partition coefficient (Wildman–Crippen LogP) is 4.37. The predicted molar refractivity (Wildman–Crippen MR) is 80.4 cm³/mol. The molecule has 0 heterocycles. The van der Waals surface area contributed by atoms with Crippen molar-refractivity contribution in [3.05, 3.63) is 29.3 Å². The van der Waals surface area contributed by atoms with Crippen LogP contribution in [0.3, 0.4) is 0 Å². The molecule has 2 aliphatic carbocycles. The number of ketones is 1. The summed E-state index contributed by atoms with van der Waals surface area (Å²) in [5.41, 5.74) is 2.48. The van der Waals surface area contributed by atoms with Gasteiger partial charge in [0.1, 0.15) is 5.75 Å². The highest BCUT2D eigenvalue weighted by Crippen LogP contribution is 2.57. The maximum Gasteiger partial charge on any atom is 0.163 e. The summed E-state index contributed by atoms with van der Waals surface area (Å²) in [6.07, 6.45) is 4.34. The number of Topliss-reactive ketones (excluding diaryl/α,β-unsaturated/α-hetero) is 1. The van der Waals surface area contributed by atoms with Gasteiger partial charge in [-0.15, -0.1) is 0 Å². The van der Waals surface area contributed by atoms with Crippen molar-refractivity contribution in [1.82, 2.24) is 0 Å². The summed E-state index contributed by atoms with van der Waals surface area (Å²) < 4.78 is 5.38. The number of rotatable bonds is 1. The summed E-state index contributed by atoms with van der Waals surface area (Å²) in [6, 6.07) is 5.97. The smallest absolute Gasteiger partial charge is 0.163 e. The fourth-order valence-corrected chi connectivity index (χ4v) is 4.61. The Morgan fingerprint density at radius 3 is 2.65 bits per heavy atom. The molecular weight excluding hydrogens is 248 g/mol. The SMILES string of the molecule is COc1ccc2c(c1)[C@]1(C)CCCC(C)(C)[C@H]1CC2=O. The van der Waals surface area contributed by atoms with Crippen molar-refractivity contribution < 1.29 is 9.53 Å². The van der Waals surface area contributed by atoms with Crippen LogP contribution in [0.5, 0.6) is 5.75 Å². The average Bonchev–Trinajstić information content (AvgIpc) is 2.41. The van der Waals surface area contributed by atoms with Crippen LogP contribution in [0.4, 0.5) is 0 Å². The highest BCUT2D eigenvalue weighted by Gasteiger charge is 2.51. The summed E-state index contributed by atoms with van der Waals surface area (Å²) in [5.74, 6) is 1.61. The first-order valence-electron chi connectivity index (χ1n) is 7.60. The number of carbonyl (C=O) groups is 1. The van der Waals surface area contributed by atoms with Gasteiger partial charge < -0.3 is 4.74 Å². The average molecular weight is 272 g/mol. The number of methoxy groups -OCH3 is 1. The number of hydrogen-bond donors (Lipinski definition) is 0. The fourth-order valence-electron chi connectivity index (χ4n) is 4.61. The lowest BCUT2D eigenvalue weighted by molar-refractivity contribution is 0.0367. The van der Waals surface area contributed by atoms with Crippen LogP contribution >= 0.6 is 0 Å². The van der Waals surface area contributed by atoms with Gasteiger partial charge in [-0.3, -0.25) is 4.79 Å². The van der Waals surface area contributed by atoms with E-state index in [0.29, 0.717) is 18.1 Å². The molecule has 0 aromatic heterocycles. The third kappa shape index (κ3) is 1.81. The molecule has 2 heteroatoms. The zero-order valence-electron chi connectivity index (χ0n) is 13.0. The topological polar surface area (TPSA) is 26.3 Å². The quantitative estimate of drug-likeness (QED) is 0.759. The minimum Gasteiger partial charge on any atom is -0.497 e. The molecule has 1 saturated carbocycles. The van der Waals surface area contributed by atoms with Crippen molar-refractivity contribution in [3.63, 3.8) is 0 Å². The first-order chi connectivity index (χ1) is 9.38. The van der Waals surface area contributed by atoms with Crippen LogP contribution in [-0.2, 0) is 5.41 Å². The lowest BCUT2D eigenvalue weighted by atomic mass is 9.50. The van der Waals surface area contributed by atoms with Crippen molar-refractivity contribution in [2.24, 2.45) is 11.3 Å². The number of benzene rings is 1. The molecule has 0 unspecified atom stereocenters. The Labute approximate surface area is 121 Å². The standard InChI is InChI=1S/C18H24O2/c1-17(2)8-5-9-18(3)14-10-12(20-4)6-7-13(14)15(19)11-16(17)18/h6-7,10,16H,5,8-9,11H2,1-4H3/t16-,18+/m1/s1. The summed E-state index contributed by atoms with van der Waals surface area (Å²) in [6.45, 7) is 7.00. The molecule has 1 aromatic carbocycles. The number of ether oxygens (including phenoxy) is 1. The molecule has 2 aliphatic rings. The molecule has 3 rings (SSSR count). The number of carbonyl (C=O) groups excluding carboxylic acids is 1. The maximum absolute atomic E-state index is 12.5. The zero-order valence-corrected chi connectivity index (χ0v) is 13.0. The molecule has 0 bridgehead atoms. The lowest BCUT2D eigenvalue weighted by Gasteiger charge is -2.53. The van der Waals surface area contributed by atoms with Gasteiger partial charge in [0.25, 0.3) is 0 Å². The molecule has 2 atom stereocenters. The van der Waals surface area contributed by atoms with Crippen molar-refractivity contribution in [2.75, 3.05) is 7.11 Å². The minimum atomic E-state index is 0.111. The van der Waals surface area contributed by atoms with Crippen LogP contribution < -0.4 is 4.74 Å². The van der Waals surface area contributed by atoms with E-state index in [4.69, 9.17) is 4.74 Å². The molecule has 2 nitrogen and oxygen atoms in total. The molecule has 108 valence electrons. The van der Waals surface area contributed by atoms with Crippen LogP contribution in [0.1, 0.15) is 62.4 Å². The van der Waals surface area contributed by atoms with E-state index in [-0.39, 0.29) is 10.8 Å². The van der Waals surface area contributed by atoms with Gasteiger partial charge in [-0.1, -0.05) is 27.2 Å². The molecule has 0 radical (unpaired) electrons. The monoisotopic (exact) mass is 272 g/mol. The van der Waals surface area contributed by atoms with Gasteiger partial charge >= 0.3 is 0 Å². The highest BCUT2D eigenvalue weighted by atomic mass is 16.5. The number of fused-ring (bicyclic) bond motifs is 3. The molecule has 0 spiro atoms. The third-order valence-corrected chi connectivity index (χ3v) is 5.76. The van der Waals surface area contributed by atoms with Crippen LogP contribution in [0.25, 0.3) is 0 Å². The molecular formula is C18H24O2. The molecule has 0 aliphatic heterocycles. The van der Waals surface area contributed by atoms with E-state index < -0.39 is 0 Å². The summed E-state index contributed by atoms with van der Waals surface area (Å²) >= 11 is 0. The second-order valence-corrected chi connectivity index (χ2v) is 7.35. The van der Waals surface area contributed by atoms with Gasteiger partial charge in [0, 0.05) is 12.0 Å². The maximum atomic E-state index is 12.5. The van der Waals surface area contributed by atoms with Crippen molar-refractivity contribution in [2.45, 2.75) is 51.9 Å². The molecule has 20 heavy (non-hydrogen) atoms. The van der Waals surface area contributed by atoms with Crippen LogP contribution in [0.2, 0.25) is 0 Å². The van der Waals surface area contributed by atoms with Crippen molar-refractivity contribution in [1.29, 1.82) is 0 Å². The van der Waals surface area contributed by atoms with E-state index in [9.17, 15) is 4.79 Å². The molecule has 0 amide bonds. The third-order valence-electron chi connectivity index (χ3n) is 5.76. The van der Waals surface area contributed by atoms with Gasteiger partial charge in [0.05, 0.1) is 7.11 Å². The zero-order chi connectivity index (χ0) is 14.5. The Morgan fingerprint density at radius 1 is 1.20 bits per heavy atom. The van der Waals surface area contributed by atoms with E-state index >= 15 is 0 Å². The Bertz CT molecular complexity index is 559. The Morgan fingerprint density at radius 2 is 1.95 bits per heavy atom. The first-order valence-corrected chi connectivity index (χ1v) is 7.60. The second-order valence-electron chi connectivity index (χ2n) is 7.35. The lowest BCUT2D eigenvalue weighted by Crippen LogP contribution is -2.49. The summed E-state index contributed by atoms with van der Waals surface area (Å²) in [5, 5.41) is 0. The number of hydrogen-bond acceptors (Lipinski definition) is 2. The molecule has 1 fully saturated rings. The Hall–Kier alpha value is -1.31. The molecule has 0 N–H and O–H groups in total. The second kappa shape index (κ2) is 4.34. The van der Waals surface area contributed by atoms with E-state index in [2.05, 4.69) is 26.8 Å². The van der Waals surface area contributed by atoms with Crippen LogP contribution in [-0.4, -0.2) is 12.9 Å². The largest absolute Gasteiger partial charge is 0.497 e. The normalized spacial score (nSPS) is 31.4. The van der Waals surface area contributed by atoms with E-state index in [0.717, 1.165) is 11.3 Å². The Kier molecular flexibility index (Phi) is 2.97. The van der Waals surface area contributed by atoms with Crippen LogP contribution in [0.15, 0.2) is 18.2 Å². The van der Waals surface area contributed by atoms with Crippen molar-refractivity contribution in [3.8, 4) is 5.75 Å². The first kappa shape index (κ1) is 13.7. The van der Waals surface area contributed by atoms with E-state index in [1.54, 1.807) is 7.11 Å². The van der Waals surface area contributed by atoms with Crippen LogP contribution in [0, 0.1) is 11.3 Å². The summed E-state index contributed by atoms with van der Waals surface area (Å²) in [7, 11) is 1.69. The fraction of sp³-hybridized carbons (Fsp3) is 0.611. The van der Waals surface area contributed by atoms with E-state index in [1.807, 2.05) is 12.1 Å². The van der Waals surface area contributed by atoms with Gasteiger partial charge in [0.2, 0.25) is 0 Å². The van der Waals surface area contributed by atoms with E-state index in [1.165, 1.54) is 24.8 Å². The van der Waals surface area contributed by atoms with Gasteiger partial charge in [-0.25, -0.2) is 0 Å². The minimum absolute atomic E-state index is 0.111.